The van der Waals surface area contributed by atoms with Gasteiger partial charge in [-0.2, -0.15) is 0 Å². The van der Waals surface area contributed by atoms with Gasteiger partial charge in [0.05, 0.1) is 31.0 Å². The number of amides is 1. The van der Waals surface area contributed by atoms with Gasteiger partial charge in [0, 0.05) is 5.57 Å². The van der Waals surface area contributed by atoms with E-state index in [0.717, 1.165) is 5.56 Å². The van der Waals surface area contributed by atoms with Gasteiger partial charge in [-0.15, -0.1) is 0 Å². The first kappa shape index (κ1) is 21.5. The number of carbonyl (C=O) groups is 3. The van der Waals surface area contributed by atoms with E-state index in [1.165, 1.54) is 32.4 Å². The van der Waals surface area contributed by atoms with Crippen LogP contribution in [0.25, 0.3) is 11.6 Å². The first-order chi connectivity index (χ1) is 15.0. The Balaban J connectivity index is 2.04. The van der Waals surface area contributed by atoms with E-state index in [1.807, 2.05) is 60.7 Å². The number of esters is 2. The Morgan fingerprint density at radius 2 is 1.35 bits per heavy atom. The van der Waals surface area contributed by atoms with Gasteiger partial charge in [-0.25, -0.2) is 9.59 Å². The summed E-state index contributed by atoms with van der Waals surface area (Å²) in [5.74, 6) is -1.67. The summed E-state index contributed by atoms with van der Waals surface area (Å²) in [5.41, 5.74) is 2.40. The summed E-state index contributed by atoms with van der Waals surface area (Å²) in [5, 5.41) is 2.75. The van der Waals surface area contributed by atoms with Crippen molar-refractivity contribution in [3.8, 4) is 0 Å². The number of ether oxygens (including phenoxy) is 2. The van der Waals surface area contributed by atoms with E-state index in [2.05, 4.69) is 5.32 Å². The maximum absolute atomic E-state index is 13.3. The number of anilines is 1. The zero-order valence-corrected chi connectivity index (χ0v) is 17.1. The van der Waals surface area contributed by atoms with Gasteiger partial charge in [-0.3, -0.25) is 4.79 Å². The van der Waals surface area contributed by atoms with Crippen LogP contribution in [0.4, 0.5) is 5.69 Å². The summed E-state index contributed by atoms with van der Waals surface area (Å²) in [6, 6.07) is 22.8. The van der Waals surface area contributed by atoms with Gasteiger partial charge in [0.1, 0.15) is 0 Å². The van der Waals surface area contributed by atoms with Crippen molar-refractivity contribution in [2.75, 3.05) is 19.5 Å². The van der Waals surface area contributed by atoms with Gasteiger partial charge in [-0.1, -0.05) is 60.7 Å². The van der Waals surface area contributed by atoms with Crippen molar-refractivity contribution >= 4 is 35.2 Å². The molecule has 0 aromatic heterocycles. The monoisotopic (exact) mass is 415 g/mol. The van der Waals surface area contributed by atoms with Crippen LogP contribution in [0.15, 0.2) is 78.9 Å². The number of hydrogen-bond acceptors (Lipinski definition) is 5. The molecule has 0 saturated heterocycles. The molecule has 6 nitrogen and oxygen atoms in total. The molecule has 1 N–H and O–H groups in total. The summed E-state index contributed by atoms with van der Waals surface area (Å²) >= 11 is 0. The van der Waals surface area contributed by atoms with Crippen molar-refractivity contribution in [2.45, 2.75) is 0 Å². The molecule has 0 aliphatic carbocycles. The number of benzene rings is 3. The lowest BCUT2D eigenvalue weighted by molar-refractivity contribution is -0.111. The second kappa shape index (κ2) is 10.0. The van der Waals surface area contributed by atoms with E-state index in [-0.39, 0.29) is 16.8 Å². The lowest BCUT2D eigenvalue weighted by Crippen LogP contribution is -2.17. The third kappa shape index (κ3) is 5.25. The van der Waals surface area contributed by atoms with E-state index < -0.39 is 17.8 Å². The van der Waals surface area contributed by atoms with Gasteiger partial charge >= 0.3 is 11.9 Å². The summed E-state index contributed by atoms with van der Waals surface area (Å²) in [6.07, 6.45) is 1.76. The zero-order valence-electron chi connectivity index (χ0n) is 17.1. The fourth-order valence-corrected chi connectivity index (χ4v) is 2.98. The van der Waals surface area contributed by atoms with E-state index in [9.17, 15) is 14.4 Å². The number of rotatable bonds is 6. The maximum Gasteiger partial charge on any atom is 0.339 e. The van der Waals surface area contributed by atoms with Crippen LogP contribution in [-0.4, -0.2) is 32.1 Å². The normalized spacial score (nSPS) is 10.8. The number of hydrogen-bond donors (Lipinski definition) is 1. The predicted molar refractivity (Wildman–Crippen MR) is 119 cm³/mol. The van der Waals surface area contributed by atoms with Crippen LogP contribution >= 0.6 is 0 Å². The minimum absolute atomic E-state index is 0.121. The van der Waals surface area contributed by atoms with Crippen molar-refractivity contribution in [2.24, 2.45) is 0 Å². The Hall–Kier alpha value is -4.19. The second-order valence-corrected chi connectivity index (χ2v) is 6.53. The molecule has 0 atom stereocenters. The topological polar surface area (TPSA) is 81.7 Å². The Kier molecular flexibility index (Phi) is 6.96. The molecule has 0 bridgehead atoms. The van der Waals surface area contributed by atoms with Gasteiger partial charge in [-0.05, 0) is 35.4 Å². The standard InChI is InChI=1S/C25H21NO5/c1-30-24(28)19-13-14-20(25(29)31-2)22(16-19)26-23(27)21(18-11-7-4-8-12-18)15-17-9-5-3-6-10-17/h3-16H,1-2H3,(H,26,27)/b21-15+. The SMILES string of the molecule is COC(=O)c1ccc(C(=O)OC)c(NC(=O)/C(=C/c2ccccc2)c2ccccc2)c1. The van der Waals surface area contributed by atoms with Crippen LogP contribution in [0.3, 0.4) is 0 Å². The highest BCUT2D eigenvalue weighted by Gasteiger charge is 2.19. The van der Waals surface area contributed by atoms with E-state index >= 15 is 0 Å². The van der Waals surface area contributed by atoms with Crippen LogP contribution in [0.1, 0.15) is 31.8 Å². The smallest absolute Gasteiger partial charge is 0.339 e. The van der Waals surface area contributed by atoms with Crippen molar-refractivity contribution in [1.29, 1.82) is 0 Å². The number of nitrogens with one attached hydrogen (secondary N) is 1. The molecule has 0 spiro atoms. The Morgan fingerprint density at radius 3 is 1.97 bits per heavy atom. The van der Waals surface area contributed by atoms with Gasteiger partial charge < -0.3 is 14.8 Å². The van der Waals surface area contributed by atoms with Crippen LogP contribution < -0.4 is 5.32 Å². The molecular weight excluding hydrogens is 394 g/mol. The summed E-state index contributed by atoms with van der Waals surface area (Å²) < 4.78 is 9.54. The summed E-state index contributed by atoms with van der Waals surface area (Å²) in [7, 11) is 2.50. The van der Waals surface area contributed by atoms with Crippen molar-refractivity contribution in [3.05, 3.63) is 101 Å². The second-order valence-electron chi connectivity index (χ2n) is 6.53. The molecule has 0 heterocycles. The Bertz CT molecular complexity index is 1120. The summed E-state index contributed by atoms with van der Waals surface area (Å²) in [4.78, 5) is 37.4. The molecule has 0 aliphatic rings. The summed E-state index contributed by atoms with van der Waals surface area (Å²) in [6.45, 7) is 0. The molecule has 6 heteroatoms. The third-order valence-corrected chi connectivity index (χ3v) is 4.53. The molecule has 1 amide bonds. The van der Waals surface area contributed by atoms with Gasteiger partial charge in [0.15, 0.2) is 0 Å². The average Bonchev–Trinajstić information content (AvgIpc) is 2.82. The molecule has 0 radical (unpaired) electrons. The molecule has 156 valence electrons. The highest BCUT2D eigenvalue weighted by Crippen LogP contribution is 2.24. The van der Waals surface area contributed by atoms with E-state index in [4.69, 9.17) is 9.47 Å². The highest BCUT2D eigenvalue weighted by molar-refractivity contribution is 6.29. The first-order valence-corrected chi connectivity index (χ1v) is 9.47. The minimum atomic E-state index is -0.639. The van der Waals surface area contributed by atoms with E-state index in [0.29, 0.717) is 11.1 Å². The van der Waals surface area contributed by atoms with Crippen LogP contribution in [0.5, 0.6) is 0 Å². The molecule has 0 unspecified atom stereocenters. The minimum Gasteiger partial charge on any atom is -0.465 e. The largest absolute Gasteiger partial charge is 0.465 e. The predicted octanol–water partition coefficient (Wildman–Crippen LogP) is 4.44. The molecule has 0 saturated carbocycles. The van der Waals surface area contributed by atoms with Crippen LogP contribution in [-0.2, 0) is 14.3 Å². The first-order valence-electron chi connectivity index (χ1n) is 9.47. The molecule has 31 heavy (non-hydrogen) atoms. The number of carbonyl (C=O) groups excluding carboxylic acids is 3. The number of methoxy groups -OCH3 is 2. The fraction of sp³-hybridized carbons (Fsp3) is 0.0800. The molecule has 0 fully saturated rings. The molecule has 3 aromatic rings. The van der Waals surface area contributed by atoms with Crippen LogP contribution in [0, 0.1) is 0 Å². The Labute approximate surface area is 180 Å². The Morgan fingerprint density at radius 1 is 0.742 bits per heavy atom. The molecular formula is C25H21NO5. The average molecular weight is 415 g/mol. The third-order valence-electron chi connectivity index (χ3n) is 4.53. The molecule has 3 aromatic carbocycles. The maximum atomic E-state index is 13.3. The lowest BCUT2D eigenvalue weighted by Gasteiger charge is -2.13. The van der Waals surface area contributed by atoms with Crippen molar-refractivity contribution in [1.82, 2.24) is 0 Å². The van der Waals surface area contributed by atoms with Crippen LogP contribution in [0.2, 0.25) is 0 Å². The fourth-order valence-electron chi connectivity index (χ4n) is 2.98. The zero-order chi connectivity index (χ0) is 22.2. The molecule has 0 aliphatic heterocycles. The van der Waals surface area contributed by atoms with Gasteiger partial charge in [0.2, 0.25) is 0 Å². The van der Waals surface area contributed by atoms with Crippen molar-refractivity contribution < 1.29 is 23.9 Å². The lowest BCUT2D eigenvalue weighted by atomic mass is 10.0. The quantitative estimate of drug-likeness (QED) is 0.366. The highest BCUT2D eigenvalue weighted by atomic mass is 16.5. The molecule has 3 rings (SSSR count). The van der Waals surface area contributed by atoms with Gasteiger partial charge in [0.25, 0.3) is 5.91 Å². The van der Waals surface area contributed by atoms with Crippen molar-refractivity contribution in [3.63, 3.8) is 0 Å². The van der Waals surface area contributed by atoms with E-state index in [1.54, 1.807) is 6.08 Å².